The van der Waals surface area contributed by atoms with Gasteiger partial charge in [0.2, 0.25) is 0 Å². The number of pyridine rings is 1. The quantitative estimate of drug-likeness (QED) is 0.714. The van der Waals surface area contributed by atoms with Crippen LogP contribution in [0.5, 0.6) is 0 Å². The summed E-state index contributed by atoms with van der Waals surface area (Å²) in [6, 6.07) is 9.74. The van der Waals surface area contributed by atoms with Gasteiger partial charge in [0.25, 0.3) is 0 Å². The molecule has 0 aliphatic rings. The fraction of sp³-hybridized carbons (Fsp3) is 0.312. The average molecular weight is 388 g/mol. The smallest absolute Gasteiger partial charge is 0.0718 e. The summed E-state index contributed by atoms with van der Waals surface area (Å²) in [4.78, 5) is 4.49. The van der Waals surface area contributed by atoms with Crippen LogP contribution in [0.4, 0.5) is 0 Å². The lowest BCUT2D eigenvalue weighted by atomic mass is 10.0. The van der Waals surface area contributed by atoms with Crippen molar-refractivity contribution in [3.63, 3.8) is 0 Å². The molecule has 1 heterocycles. The summed E-state index contributed by atoms with van der Waals surface area (Å²) in [7, 11) is 0. The van der Waals surface area contributed by atoms with Gasteiger partial charge in [0.15, 0.2) is 0 Å². The average Bonchev–Trinajstić information content (AvgIpc) is 2.48. The second-order valence-electron chi connectivity index (χ2n) is 4.79. The second kappa shape index (κ2) is 8.14. The molecule has 0 aliphatic heterocycles. The number of rotatable bonds is 6. The molecule has 0 radical (unpaired) electrons. The highest BCUT2D eigenvalue weighted by molar-refractivity contribution is 9.10. The van der Waals surface area contributed by atoms with E-state index in [4.69, 9.17) is 23.2 Å². The van der Waals surface area contributed by atoms with Gasteiger partial charge in [-0.25, -0.2) is 0 Å². The van der Waals surface area contributed by atoms with Crippen LogP contribution in [0.2, 0.25) is 10.0 Å². The highest BCUT2D eigenvalue weighted by atomic mass is 79.9. The molecule has 112 valence electrons. The minimum Gasteiger partial charge on any atom is -0.308 e. The fourth-order valence-electron chi connectivity index (χ4n) is 2.16. The van der Waals surface area contributed by atoms with E-state index in [9.17, 15) is 0 Å². The predicted molar refractivity (Wildman–Crippen MR) is 93.1 cm³/mol. The standard InChI is InChI=1S/C16H17BrCl2N2/c1-2-8-20-14(16-12(17)6-4-9-21-16)10-11-5-3-7-13(18)15(11)19/h3-7,9,14,20H,2,8,10H2,1H3. The second-order valence-corrected chi connectivity index (χ2v) is 6.43. The molecule has 0 spiro atoms. The molecule has 0 saturated carbocycles. The molecule has 0 aliphatic carbocycles. The molecular weight excluding hydrogens is 371 g/mol. The number of hydrogen-bond acceptors (Lipinski definition) is 2. The minimum atomic E-state index is 0.0940. The van der Waals surface area contributed by atoms with Gasteiger partial charge in [-0.3, -0.25) is 4.98 Å². The maximum Gasteiger partial charge on any atom is 0.0718 e. The monoisotopic (exact) mass is 386 g/mol. The van der Waals surface area contributed by atoms with E-state index in [0.717, 1.165) is 35.1 Å². The van der Waals surface area contributed by atoms with Crippen molar-refractivity contribution in [2.45, 2.75) is 25.8 Å². The van der Waals surface area contributed by atoms with Crippen LogP contribution in [0.25, 0.3) is 0 Å². The molecule has 0 fully saturated rings. The first kappa shape index (κ1) is 16.8. The first-order valence-electron chi connectivity index (χ1n) is 6.90. The Balaban J connectivity index is 2.28. The molecule has 1 unspecified atom stereocenters. The van der Waals surface area contributed by atoms with Gasteiger partial charge in [0.05, 0.1) is 21.8 Å². The zero-order chi connectivity index (χ0) is 15.2. The summed E-state index contributed by atoms with van der Waals surface area (Å²) < 4.78 is 0.997. The van der Waals surface area contributed by atoms with Gasteiger partial charge in [-0.2, -0.15) is 0 Å². The van der Waals surface area contributed by atoms with Gasteiger partial charge in [-0.05, 0) is 59.1 Å². The number of hydrogen-bond donors (Lipinski definition) is 1. The van der Waals surface area contributed by atoms with E-state index in [1.165, 1.54) is 0 Å². The predicted octanol–water partition coefficient (Wildman–Crippen LogP) is 5.43. The van der Waals surface area contributed by atoms with Crippen LogP contribution in [0, 0.1) is 0 Å². The van der Waals surface area contributed by atoms with Crippen molar-refractivity contribution in [3.8, 4) is 0 Å². The van der Waals surface area contributed by atoms with Crippen LogP contribution in [0.15, 0.2) is 41.0 Å². The van der Waals surface area contributed by atoms with Gasteiger partial charge in [0, 0.05) is 10.7 Å². The van der Waals surface area contributed by atoms with Gasteiger partial charge in [0.1, 0.15) is 0 Å². The molecule has 2 nitrogen and oxygen atoms in total. The van der Waals surface area contributed by atoms with Crippen molar-refractivity contribution in [1.29, 1.82) is 0 Å². The molecule has 2 rings (SSSR count). The highest BCUT2D eigenvalue weighted by Crippen LogP contribution is 2.30. The van der Waals surface area contributed by atoms with Crippen LogP contribution in [0.1, 0.15) is 30.6 Å². The highest BCUT2D eigenvalue weighted by Gasteiger charge is 2.17. The van der Waals surface area contributed by atoms with Gasteiger partial charge < -0.3 is 5.32 Å². The molecule has 0 amide bonds. The Kier molecular flexibility index (Phi) is 6.49. The van der Waals surface area contributed by atoms with Gasteiger partial charge >= 0.3 is 0 Å². The maximum absolute atomic E-state index is 6.31. The Bertz CT molecular complexity index is 605. The fourth-order valence-corrected chi connectivity index (χ4v) is 3.09. The van der Waals surface area contributed by atoms with E-state index in [1.54, 1.807) is 12.3 Å². The first-order chi connectivity index (χ1) is 10.1. The molecule has 1 N–H and O–H groups in total. The lowest BCUT2D eigenvalue weighted by Gasteiger charge is -2.20. The molecule has 2 aromatic rings. The van der Waals surface area contributed by atoms with Crippen molar-refractivity contribution in [2.24, 2.45) is 0 Å². The Morgan fingerprint density at radius 1 is 1.24 bits per heavy atom. The largest absolute Gasteiger partial charge is 0.308 e. The third-order valence-corrected chi connectivity index (χ3v) is 4.74. The van der Waals surface area contributed by atoms with Crippen LogP contribution < -0.4 is 5.32 Å². The van der Waals surface area contributed by atoms with Crippen LogP contribution >= 0.6 is 39.1 Å². The molecule has 0 saturated heterocycles. The van der Waals surface area contributed by atoms with Crippen molar-refractivity contribution >= 4 is 39.1 Å². The van der Waals surface area contributed by atoms with Crippen molar-refractivity contribution in [3.05, 3.63) is 62.3 Å². The van der Waals surface area contributed by atoms with Crippen LogP contribution in [-0.2, 0) is 6.42 Å². The Morgan fingerprint density at radius 3 is 2.76 bits per heavy atom. The number of benzene rings is 1. The zero-order valence-electron chi connectivity index (χ0n) is 11.7. The molecule has 1 aromatic carbocycles. The van der Waals surface area contributed by atoms with Crippen LogP contribution in [-0.4, -0.2) is 11.5 Å². The third kappa shape index (κ3) is 4.43. The molecule has 1 aromatic heterocycles. The topological polar surface area (TPSA) is 24.9 Å². The Morgan fingerprint density at radius 2 is 2.05 bits per heavy atom. The summed E-state index contributed by atoms with van der Waals surface area (Å²) in [5.74, 6) is 0. The summed E-state index contributed by atoms with van der Waals surface area (Å²) in [6.07, 6.45) is 3.61. The normalized spacial score (nSPS) is 12.4. The number of nitrogens with zero attached hydrogens (tertiary/aromatic N) is 1. The van der Waals surface area contributed by atoms with Crippen molar-refractivity contribution < 1.29 is 0 Å². The number of aromatic nitrogens is 1. The zero-order valence-corrected chi connectivity index (χ0v) is 14.8. The van der Waals surface area contributed by atoms with Crippen LogP contribution in [0.3, 0.4) is 0 Å². The molecule has 21 heavy (non-hydrogen) atoms. The SMILES string of the molecule is CCCNC(Cc1cccc(Cl)c1Cl)c1ncccc1Br. The van der Waals surface area contributed by atoms with E-state index in [1.807, 2.05) is 24.3 Å². The van der Waals surface area contributed by atoms with E-state index >= 15 is 0 Å². The lowest BCUT2D eigenvalue weighted by molar-refractivity contribution is 0.516. The van der Waals surface area contributed by atoms with E-state index < -0.39 is 0 Å². The molecular formula is C16H17BrCl2N2. The number of halogens is 3. The number of nitrogens with one attached hydrogen (secondary N) is 1. The molecule has 0 bridgehead atoms. The summed E-state index contributed by atoms with van der Waals surface area (Å²) in [6.45, 7) is 3.07. The first-order valence-corrected chi connectivity index (χ1v) is 8.45. The third-order valence-electron chi connectivity index (χ3n) is 3.21. The van der Waals surface area contributed by atoms with Gasteiger partial charge in [-0.1, -0.05) is 42.3 Å². The minimum absolute atomic E-state index is 0.0940. The summed E-state index contributed by atoms with van der Waals surface area (Å²) in [5, 5.41) is 4.73. The van der Waals surface area contributed by atoms with E-state index in [-0.39, 0.29) is 6.04 Å². The molecule has 1 atom stereocenters. The summed E-state index contributed by atoms with van der Waals surface area (Å²) in [5.41, 5.74) is 2.01. The van der Waals surface area contributed by atoms with E-state index in [2.05, 4.69) is 33.2 Å². The summed E-state index contributed by atoms with van der Waals surface area (Å²) >= 11 is 16.0. The Labute approximate surface area is 144 Å². The van der Waals surface area contributed by atoms with Crippen molar-refractivity contribution in [2.75, 3.05) is 6.54 Å². The maximum atomic E-state index is 6.31. The van der Waals surface area contributed by atoms with Gasteiger partial charge in [-0.15, -0.1) is 0 Å². The lowest BCUT2D eigenvalue weighted by Crippen LogP contribution is -2.25. The molecule has 5 heteroatoms. The van der Waals surface area contributed by atoms with Crippen molar-refractivity contribution in [1.82, 2.24) is 10.3 Å². The van der Waals surface area contributed by atoms with E-state index in [0.29, 0.717) is 10.0 Å². The Hall–Kier alpha value is -0.610.